The van der Waals surface area contributed by atoms with Crippen LogP contribution < -0.4 is 10.5 Å². The Balaban J connectivity index is 1.90. The van der Waals surface area contributed by atoms with Crippen LogP contribution in [0.1, 0.15) is 6.42 Å². The van der Waals surface area contributed by atoms with Crippen LogP contribution in [0.4, 0.5) is 4.79 Å². The van der Waals surface area contributed by atoms with Crippen LogP contribution in [-0.2, 0) is 0 Å². The number of amides is 2. The van der Waals surface area contributed by atoms with Gasteiger partial charge in [0, 0.05) is 13.0 Å². The minimum absolute atomic E-state index is 0.0694. The lowest BCUT2D eigenvalue weighted by Gasteiger charge is -2.14. The molecule has 1 fully saturated rings. The number of likely N-dealkylation sites (tertiary alicyclic amines) is 1. The molecule has 0 saturated carbocycles. The normalized spacial score (nSPS) is 20.3. The average molecular weight is 206 g/mol. The Kier molecular flexibility index (Phi) is 2.76. The number of nitrogens with zero attached hydrogens (tertiary/aromatic N) is 1. The molecule has 1 aromatic rings. The van der Waals surface area contributed by atoms with Crippen LogP contribution >= 0.6 is 0 Å². The Morgan fingerprint density at radius 3 is 2.73 bits per heavy atom. The molecule has 0 aromatic heterocycles. The van der Waals surface area contributed by atoms with E-state index in [1.807, 2.05) is 30.3 Å². The Labute approximate surface area is 88.6 Å². The molecule has 1 atom stereocenters. The van der Waals surface area contributed by atoms with E-state index in [0.29, 0.717) is 13.1 Å². The first-order valence-corrected chi connectivity index (χ1v) is 5.02. The molecular weight excluding hydrogens is 192 g/mol. The largest absolute Gasteiger partial charge is 0.489 e. The molecule has 15 heavy (non-hydrogen) atoms. The predicted molar refractivity (Wildman–Crippen MR) is 56.6 cm³/mol. The van der Waals surface area contributed by atoms with Gasteiger partial charge in [-0.25, -0.2) is 4.79 Å². The molecule has 2 N–H and O–H groups in total. The summed E-state index contributed by atoms with van der Waals surface area (Å²) in [5, 5.41) is 0. The van der Waals surface area contributed by atoms with Crippen molar-refractivity contribution in [3.05, 3.63) is 30.3 Å². The summed E-state index contributed by atoms with van der Waals surface area (Å²) in [6.45, 7) is 1.27. The van der Waals surface area contributed by atoms with E-state index in [4.69, 9.17) is 10.5 Å². The standard InChI is InChI=1S/C11H14N2O2/c12-11(14)13-7-6-10(8-13)15-9-4-2-1-3-5-9/h1-5,10H,6-8H2,(H2,12,14)/t10-/m0/s1. The summed E-state index contributed by atoms with van der Waals surface area (Å²) in [6.07, 6.45) is 0.914. The number of para-hydroxylation sites is 1. The number of hydrogen-bond acceptors (Lipinski definition) is 2. The first-order valence-electron chi connectivity index (χ1n) is 5.02. The number of carbonyl (C=O) groups is 1. The second-order valence-electron chi connectivity index (χ2n) is 3.63. The Hall–Kier alpha value is -1.71. The van der Waals surface area contributed by atoms with Gasteiger partial charge in [0.05, 0.1) is 6.54 Å². The van der Waals surface area contributed by atoms with Crippen LogP contribution in [0.15, 0.2) is 30.3 Å². The van der Waals surface area contributed by atoms with Gasteiger partial charge in [0.25, 0.3) is 0 Å². The van der Waals surface area contributed by atoms with E-state index in [-0.39, 0.29) is 12.1 Å². The fraction of sp³-hybridized carbons (Fsp3) is 0.364. The van der Waals surface area contributed by atoms with Crippen molar-refractivity contribution in [2.45, 2.75) is 12.5 Å². The average Bonchev–Trinajstić information content (AvgIpc) is 2.68. The molecule has 4 heteroatoms. The van der Waals surface area contributed by atoms with Crippen LogP contribution in [0, 0.1) is 0 Å². The highest BCUT2D eigenvalue weighted by Crippen LogP contribution is 2.17. The van der Waals surface area contributed by atoms with Crippen molar-refractivity contribution in [1.82, 2.24) is 4.90 Å². The lowest BCUT2D eigenvalue weighted by atomic mass is 10.3. The third-order valence-electron chi connectivity index (χ3n) is 2.50. The summed E-state index contributed by atoms with van der Waals surface area (Å²) in [5.74, 6) is 0.842. The molecule has 2 amide bonds. The third kappa shape index (κ3) is 2.40. The summed E-state index contributed by atoms with van der Waals surface area (Å²) in [5.41, 5.74) is 5.18. The highest BCUT2D eigenvalue weighted by molar-refractivity contribution is 5.72. The second kappa shape index (κ2) is 4.21. The van der Waals surface area contributed by atoms with E-state index in [9.17, 15) is 4.79 Å². The van der Waals surface area contributed by atoms with Crippen molar-refractivity contribution in [3.8, 4) is 5.75 Å². The highest BCUT2D eigenvalue weighted by Gasteiger charge is 2.25. The van der Waals surface area contributed by atoms with Crippen LogP contribution in [0.25, 0.3) is 0 Å². The Morgan fingerprint density at radius 1 is 1.40 bits per heavy atom. The Bertz CT molecular complexity index is 340. The van der Waals surface area contributed by atoms with E-state index >= 15 is 0 Å². The first-order chi connectivity index (χ1) is 7.25. The van der Waals surface area contributed by atoms with Gasteiger partial charge in [-0.15, -0.1) is 0 Å². The molecule has 1 heterocycles. The molecule has 1 aliphatic heterocycles. The zero-order valence-electron chi connectivity index (χ0n) is 8.43. The lowest BCUT2D eigenvalue weighted by Crippen LogP contribution is -2.35. The van der Waals surface area contributed by atoms with Crippen LogP contribution in [0.2, 0.25) is 0 Å². The zero-order chi connectivity index (χ0) is 10.7. The van der Waals surface area contributed by atoms with Gasteiger partial charge in [0.1, 0.15) is 11.9 Å². The van der Waals surface area contributed by atoms with Crippen molar-refractivity contribution < 1.29 is 9.53 Å². The molecule has 0 spiro atoms. The minimum Gasteiger partial charge on any atom is -0.489 e. The maximum atomic E-state index is 10.9. The lowest BCUT2D eigenvalue weighted by molar-refractivity contribution is 0.192. The first kappa shape index (κ1) is 9.83. The molecule has 1 aliphatic rings. The molecule has 0 bridgehead atoms. The molecule has 0 aliphatic carbocycles. The van der Waals surface area contributed by atoms with Gasteiger partial charge in [-0.1, -0.05) is 18.2 Å². The van der Waals surface area contributed by atoms with Crippen molar-refractivity contribution in [3.63, 3.8) is 0 Å². The van der Waals surface area contributed by atoms with Gasteiger partial charge in [-0.05, 0) is 12.1 Å². The molecule has 1 saturated heterocycles. The second-order valence-corrected chi connectivity index (χ2v) is 3.63. The van der Waals surface area contributed by atoms with Gasteiger partial charge in [-0.3, -0.25) is 0 Å². The predicted octanol–water partition coefficient (Wildman–Crippen LogP) is 1.22. The van der Waals surface area contributed by atoms with Crippen LogP contribution in [0.5, 0.6) is 5.75 Å². The summed E-state index contributed by atoms with van der Waals surface area (Å²) in [7, 11) is 0. The SMILES string of the molecule is NC(=O)N1CC[C@H](Oc2ccccc2)C1. The van der Waals surface area contributed by atoms with Gasteiger partial charge in [-0.2, -0.15) is 0 Å². The number of benzene rings is 1. The molecular formula is C11H14N2O2. The van der Waals surface area contributed by atoms with Crippen molar-refractivity contribution in [1.29, 1.82) is 0 Å². The maximum Gasteiger partial charge on any atom is 0.314 e. The highest BCUT2D eigenvalue weighted by atomic mass is 16.5. The van der Waals surface area contributed by atoms with Gasteiger partial charge >= 0.3 is 6.03 Å². The number of urea groups is 1. The summed E-state index contributed by atoms with van der Waals surface area (Å²) in [6, 6.07) is 9.25. The zero-order valence-corrected chi connectivity index (χ0v) is 8.43. The molecule has 0 radical (unpaired) electrons. The number of ether oxygens (including phenoxy) is 1. The molecule has 2 rings (SSSR count). The van der Waals surface area contributed by atoms with Crippen molar-refractivity contribution >= 4 is 6.03 Å². The molecule has 80 valence electrons. The summed E-state index contributed by atoms with van der Waals surface area (Å²) in [4.78, 5) is 12.5. The van der Waals surface area contributed by atoms with Crippen molar-refractivity contribution in [2.75, 3.05) is 13.1 Å². The quantitative estimate of drug-likeness (QED) is 0.791. The van der Waals surface area contributed by atoms with Crippen molar-refractivity contribution in [2.24, 2.45) is 5.73 Å². The van der Waals surface area contributed by atoms with E-state index in [1.54, 1.807) is 4.90 Å². The fourth-order valence-electron chi connectivity index (χ4n) is 1.72. The topological polar surface area (TPSA) is 55.6 Å². The molecule has 0 unspecified atom stereocenters. The number of hydrogen-bond donors (Lipinski definition) is 1. The molecule has 1 aromatic carbocycles. The fourth-order valence-corrected chi connectivity index (χ4v) is 1.72. The summed E-state index contributed by atoms with van der Waals surface area (Å²) >= 11 is 0. The number of primary amides is 1. The van der Waals surface area contributed by atoms with E-state index < -0.39 is 0 Å². The van der Waals surface area contributed by atoms with Crippen LogP contribution in [0.3, 0.4) is 0 Å². The number of rotatable bonds is 2. The molecule has 4 nitrogen and oxygen atoms in total. The van der Waals surface area contributed by atoms with Gasteiger partial charge < -0.3 is 15.4 Å². The smallest absolute Gasteiger partial charge is 0.314 e. The monoisotopic (exact) mass is 206 g/mol. The van der Waals surface area contributed by atoms with Gasteiger partial charge in [0.2, 0.25) is 0 Å². The van der Waals surface area contributed by atoms with E-state index in [1.165, 1.54) is 0 Å². The maximum absolute atomic E-state index is 10.9. The van der Waals surface area contributed by atoms with Crippen LogP contribution in [-0.4, -0.2) is 30.1 Å². The number of carbonyl (C=O) groups excluding carboxylic acids is 1. The van der Waals surface area contributed by atoms with Gasteiger partial charge in [0.15, 0.2) is 0 Å². The van der Waals surface area contributed by atoms with E-state index in [0.717, 1.165) is 12.2 Å². The Morgan fingerprint density at radius 2 is 2.13 bits per heavy atom. The third-order valence-corrected chi connectivity index (χ3v) is 2.50. The summed E-state index contributed by atoms with van der Waals surface area (Å²) < 4.78 is 5.71. The van der Waals surface area contributed by atoms with E-state index in [2.05, 4.69) is 0 Å². The number of nitrogens with two attached hydrogens (primary N) is 1. The minimum atomic E-state index is -0.367.